The highest BCUT2D eigenvalue weighted by Gasteiger charge is 2.26. The molecule has 0 unspecified atom stereocenters. The van der Waals surface area contributed by atoms with E-state index in [4.69, 9.17) is 0 Å². The molecule has 160 valence electrons. The minimum Gasteiger partial charge on any atom is -0.501 e. The summed E-state index contributed by atoms with van der Waals surface area (Å²) in [6.07, 6.45) is 0. The molecule has 1 aliphatic heterocycles. The zero-order valence-corrected chi connectivity index (χ0v) is 16.7. The molecule has 1 fully saturated rings. The molecule has 2 aromatic rings. The van der Waals surface area contributed by atoms with Gasteiger partial charge in [0.15, 0.2) is 5.69 Å². The maximum atomic E-state index is 13.0. The second-order valence-corrected chi connectivity index (χ2v) is 6.81. The molecular weight excluding hydrogens is 395 g/mol. The van der Waals surface area contributed by atoms with Gasteiger partial charge in [-0.2, -0.15) is 0 Å². The molecule has 2 heterocycles. The zero-order chi connectivity index (χ0) is 21.8. The third-order valence-electron chi connectivity index (χ3n) is 4.89. The van der Waals surface area contributed by atoms with Gasteiger partial charge in [-0.25, -0.2) is 14.2 Å². The number of hydrogen-bond donors (Lipinski definition) is 3. The third kappa shape index (κ3) is 4.34. The average Bonchev–Trinajstić information content (AvgIpc) is 2.76. The molecule has 3 N–H and O–H groups in total. The number of urea groups is 1. The SMILES string of the molecule is CNC(=O)N1CCN(c2nc(C(=O)NCc3ccc(F)cc3)c(O)c(=O)n2C)CC1. The Bertz CT molecular complexity index is 999. The summed E-state index contributed by atoms with van der Waals surface area (Å²) in [5.41, 5.74) is -0.483. The number of halogens is 1. The number of carbonyl (C=O) groups is 2. The van der Waals surface area contributed by atoms with Crippen LogP contribution in [0.1, 0.15) is 16.1 Å². The fourth-order valence-corrected chi connectivity index (χ4v) is 3.16. The number of hydrogen-bond acceptors (Lipinski definition) is 6. The van der Waals surface area contributed by atoms with Crippen molar-refractivity contribution in [2.24, 2.45) is 7.05 Å². The molecule has 0 bridgehead atoms. The fraction of sp³-hybridized carbons (Fsp3) is 0.368. The van der Waals surface area contributed by atoms with Crippen LogP contribution in [-0.4, -0.2) is 64.7 Å². The van der Waals surface area contributed by atoms with Crippen LogP contribution >= 0.6 is 0 Å². The number of carbonyl (C=O) groups excluding carboxylic acids is 2. The number of benzene rings is 1. The minimum atomic E-state index is -0.749. The van der Waals surface area contributed by atoms with Gasteiger partial charge in [0.25, 0.3) is 11.5 Å². The number of piperazine rings is 1. The van der Waals surface area contributed by atoms with E-state index in [0.717, 1.165) is 0 Å². The molecule has 10 nitrogen and oxygen atoms in total. The topological polar surface area (TPSA) is 120 Å². The van der Waals surface area contributed by atoms with E-state index in [1.54, 1.807) is 16.8 Å². The first kappa shape index (κ1) is 21.1. The number of amides is 3. The molecule has 1 aliphatic rings. The Kier molecular flexibility index (Phi) is 6.19. The van der Waals surface area contributed by atoms with Gasteiger partial charge in [-0.15, -0.1) is 0 Å². The fourth-order valence-electron chi connectivity index (χ4n) is 3.16. The van der Waals surface area contributed by atoms with E-state index in [1.807, 2.05) is 0 Å². The molecule has 1 aromatic carbocycles. The first-order valence-electron chi connectivity index (χ1n) is 9.36. The van der Waals surface area contributed by atoms with Crippen molar-refractivity contribution in [3.63, 3.8) is 0 Å². The smallest absolute Gasteiger partial charge is 0.317 e. The summed E-state index contributed by atoms with van der Waals surface area (Å²) in [5.74, 6) is -1.64. The Morgan fingerprint density at radius 2 is 1.80 bits per heavy atom. The van der Waals surface area contributed by atoms with Crippen molar-refractivity contribution in [1.29, 1.82) is 0 Å². The monoisotopic (exact) mass is 418 g/mol. The van der Waals surface area contributed by atoms with Gasteiger partial charge in [0.05, 0.1) is 0 Å². The summed E-state index contributed by atoms with van der Waals surface area (Å²) in [4.78, 5) is 44.4. The van der Waals surface area contributed by atoms with Crippen LogP contribution in [0.25, 0.3) is 0 Å². The molecule has 0 saturated carbocycles. The van der Waals surface area contributed by atoms with Crippen molar-refractivity contribution in [3.05, 3.63) is 51.7 Å². The average molecular weight is 418 g/mol. The summed E-state index contributed by atoms with van der Waals surface area (Å²) in [6, 6.07) is 5.38. The lowest BCUT2D eigenvalue weighted by atomic mass is 10.2. The standard InChI is InChI=1S/C19H23FN6O4/c1-21-19(30)26-9-7-25(8-10-26)18-23-14(15(27)17(29)24(18)2)16(28)22-11-12-3-5-13(20)6-4-12/h3-6,27H,7-11H2,1-2H3,(H,21,30)(H,22,28). The Morgan fingerprint density at radius 1 is 1.17 bits per heavy atom. The predicted molar refractivity (Wildman–Crippen MR) is 107 cm³/mol. The molecule has 0 atom stereocenters. The van der Waals surface area contributed by atoms with E-state index < -0.39 is 23.0 Å². The molecular formula is C19H23FN6O4. The highest BCUT2D eigenvalue weighted by molar-refractivity contribution is 5.95. The second-order valence-electron chi connectivity index (χ2n) is 6.81. The summed E-state index contributed by atoms with van der Waals surface area (Å²) in [6.45, 7) is 1.74. The lowest BCUT2D eigenvalue weighted by molar-refractivity contribution is 0.0942. The predicted octanol–water partition coefficient (Wildman–Crippen LogP) is 0.0164. The number of aromatic nitrogens is 2. The van der Waals surface area contributed by atoms with Gasteiger partial charge in [0.2, 0.25) is 11.7 Å². The molecule has 3 rings (SSSR count). The van der Waals surface area contributed by atoms with Gasteiger partial charge >= 0.3 is 6.03 Å². The van der Waals surface area contributed by atoms with Crippen molar-refractivity contribution < 1.29 is 19.1 Å². The quantitative estimate of drug-likeness (QED) is 0.644. The molecule has 0 spiro atoms. The lowest BCUT2D eigenvalue weighted by Crippen LogP contribution is -2.52. The van der Waals surface area contributed by atoms with Crippen LogP contribution in [0.4, 0.5) is 15.1 Å². The molecule has 1 aromatic heterocycles. The van der Waals surface area contributed by atoms with Gasteiger partial charge in [-0.3, -0.25) is 14.2 Å². The van der Waals surface area contributed by atoms with E-state index in [9.17, 15) is 23.9 Å². The van der Waals surface area contributed by atoms with E-state index in [1.165, 1.54) is 35.9 Å². The number of nitrogens with one attached hydrogen (secondary N) is 2. The number of anilines is 1. The number of rotatable bonds is 4. The largest absolute Gasteiger partial charge is 0.501 e. The van der Waals surface area contributed by atoms with Crippen molar-refractivity contribution in [1.82, 2.24) is 25.1 Å². The Morgan fingerprint density at radius 3 is 2.40 bits per heavy atom. The third-order valence-corrected chi connectivity index (χ3v) is 4.89. The highest BCUT2D eigenvalue weighted by Crippen LogP contribution is 2.17. The van der Waals surface area contributed by atoms with E-state index in [-0.39, 0.29) is 24.2 Å². The van der Waals surface area contributed by atoms with Gasteiger partial charge in [0, 0.05) is 46.8 Å². The van der Waals surface area contributed by atoms with Crippen LogP contribution in [0, 0.1) is 5.82 Å². The van der Waals surface area contributed by atoms with E-state index in [2.05, 4.69) is 15.6 Å². The lowest BCUT2D eigenvalue weighted by Gasteiger charge is -2.35. The normalized spacial score (nSPS) is 13.8. The van der Waals surface area contributed by atoms with Gasteiger partial charge in [-0.05, 0) is 17.7 Å². The Labute approximate surface area is 171 Å². The van der Waals surface area contributed by atoms with Crippen molar-refractivity contribution in [2.45, 2.75) is 6.54 Å². The van der Waals surface area contributed by atoms with Crippen LogP contribution in [0.2, 0.25) is 0 Å². The van der Waals surface area contributed by atoms with Crippen molar-refractivity contribution in [2.75, 3.05) is 38.1 Å². The molecule has 1 saturated heterocycles. The summed E-state index contributed by atoms with van der Waals surface area (Å²) in [7, 11) is 3.01. The van der Waals surface area contributed by atoms with Crippen LogP contribution in [0.15, 0.2) is 29.1 Å². The maximum absolute atomic E-state index is 13.0. The van der Waals surface area contributed by atoms with Crippen LogP contribution in [0.3, 0.4) is 0 Å². The summed E-state index contributed by atoms with van der Waals surface area (Å²) >= 11 is 0. The Hall–Kier alpha value is -3.63. The second kappa shape index (κ2) is 8.80. The van der Waals surface area contributed by atoms with Crippen molar-refractivity contribution in [3.8, 4) is 5.75 Å². The van der Waals surface area contributed by atoms with Crippen LogP contribution in [-0.2, 0) is 13.6 Å². The first-order chi connectivity index (χ1) is 14.3. The van der Waals surface area contributed by atoms with Crippen LogP contribution in [0.5, 0.6) is 5.75 Å². The van der Waals surface area contributed by atoms with Crippen LogP contribution < -0.4 is 21.1 Å². The first-order valence-corrected chi connectivity index (χ1v) is 9.36. The molecule has 0 aliphatic carbocycles. The summed E-state index contributed by atoms with van der Waals surface area (Å²) in [5, 5.41) is 15.3. The van der Waals surface area contributed by atoms with Crippen molar-refractivity contribution >= 4 is 17.9 Å². The molecule has 0 radical (unpaired) electrons. The Balaban J connectivity index is 1.78. The summed E-state index contributed by atoms with van der Waals surface area (Å²) < 4.78 is 14.2. The number of aromatic hydroxyl groups is 1. The molecule has 30 heavy (non-hydrogen) atoms. The zero-order valence-electron chi connectivity index (χ0n) is 16.7. The van der Waals surface area contributed by atoms with E-state index in [0.29, 0.717) is 31.7 Å². The van der Waals surface area contributed by atoms with Gasteiger partial charge < -0.3 is 25.5 Å². The molecule has 3 amide bonds. The molecule has 11 heteroatoms. The van der Waals surface area contributed by atoms with Gasteiger partial charge in [0.1, 0.15) is 5.82 Å². The van der Waals surface area contributed by atoms with E-state index >= 15 is 0 Å². The number of nitrogens with zero attached hydrogens (tertiary/aromatic N) is 4. The van der Waals surface area contributed by atoms with Gasteiger partial charge in [-0.1, -0.05) is 12.1 Å². The maximum Gasteiger partial charge on any atom is 0.317 e. The highest BCUT2D eigenvalue weighted by atomic mass is 19.1. The minimum absolute atomic E-state index is 0.0789.